The first kappa shape index (κ1) is 24.9. The Kier molecular flexibility index (Phi) is 7.19. The summed E-state index contributed by atoms with van der Waals surface area (Å²) in [4.78, 5) is 13.0. The van der Waals surface area contributed by atoms with Crippen LogP contribution in [0.1, 0.15) is 15.9 Å². The fourth-order valence-electron chi connectivity index (χ4n) is 4.48. The predicted octanol–water partition coefficient (Wildman–Crippen LogP) is 9.84. The Bertz CT molecular complexity index is 1560. The monoisotopic (exact) mass is 518 g/mol. The molecule has 0 radical (unpaired) electrons. The predicted molar refractivity (Wildman–Crippen MR) is 160 cm³/mol. The van der Waals surface area contributed by atoms with Crippen molar-refractivity contribution in [3.63, 3.8) is 0 Å². The van der Waals surface area contributed by atoms with Crippen molar-refractivity contribution in [2.75, 3.05) is 0 Å². The normalized spacial score (nSPS) is 10.6. The van der Waals surface area contributed by atoms with Gasteiger partial charge in [0.15, 0.2) is 5.78 Å². The minimum Gasteiger partial charge on any atom is -0.457 e. The van der Waals surface area contributed by atoms with Gasteiger partial charge in [-0.15, -0.1) is 0 Å². The number of carbonyl (C=O) groups is 1. The van der Waals surface area contributed by atoms with Crippen LogP contribution < -0.4 is 9.47 Å². The van der Waals surface area contributed by atoms with E-state index >= 15 is 0 Å². The highest BCUT2D eigenvalue weighted by Crippen LogP contribution is 2.28. The first-order valence-electron chi connectivity index (χ1n) is 13.1. The Morgan fingerprint density at radius 2 is 0.600 bits per heavy atom. The second-order valence-electron chi connectivity index (χ2n) is 9.36. The van der Waals surface area contributed by atoms with E-state index in [1.54, 1.807) is 24.3 Å². The van der Waals surface area contributed by atoms with E-state index in [0.29, 0.717) is 22.6 Å². The summed E-state index contributed by atoms with van der Waals surface area (Å²) in [6.45, 7) is 0. The largest absolute Gasteiger partial charge is 0.457 e. The fraction of sp³-hybridized carbons (Fsp3) is 0. The van der Waals surface area contributed by atoms with Crippen molar-refractivity contribution in [2.45, 2.75) is 0 Å². The zero-order valence-electron chi connectivity index (χ0n) is 21.7. The van der Waals surface area contributed by atoms with Crippen molar-refractivity contribution in [3.8, 4) is 45.3 Å². The fourth-order valence-corrected chi connectivity index (χ4v) is 4.48. The van der Waals surface area contributed by atoms with E-state index in [1.165, 1.54) is 0 Å². The van der Waals surface area contributed by atoms with Crippen molar-refractivity contribution >= 4 is 5.78 Å². The summed E-state index contributed by atoms with van der Waals surface area (Å²) in [5.74, 6) is 2.77. The molecule has 0 aromatic heterocycles. The van der Waals surface area contributed by atoms with E-state index in [0.717, 1.165) is 33.8 Å². The molecule has 40 heavy (non-hydrogen) atoms. The zero-order chi connectivity index (χ0) is 27.1. The van der Waals surface area contributed by atoms with E-state index in [4.69, 9.17) is 9.47 Å². The van der Waals surface area contributed by atoms with Gasteiger partial charge in [-0.25, -0.2) is 0 Å². The lowest BCUT2D eigenvalue weighted by atomic mass is 10.0. The summed E-state index contributed by atoms with van der Waals surface area (Å²) >= 11 is 0. The Morgan fingerprint density at radius 3 is 0.925 bits per heavy atom. The molecule has 3 heteroatoms. The van der Waals surface area contributed by atoms with Crippen LogP contribution in [0.5, 0.6) is 23.0 Å². The molecule has 0 aliphatic carbocycles. The molecule has 6 aromatic carbocycles. The van der Waals surface area contributed by atoms with Gasteiger partial charge in [0.05, 0.1) is 0 Å². The van der Waals surface area contributed by atoms with Gasteiger partial charge in [-0.2, -0.15) is 0 Å². The van der Waals surface area contributed by atoms with E-state index in [2.05, 4.69) is 24.3 Å². The molecule has 0 aliphatic rings. The lowest BCUT2D eigenvalue weighted by Gasteiger charge is -2.09. The summed E-state index contributed by atoms with van der Waals surface area (Å²) in [6, 6.07) is 50.8. The zero-order valence-corrected chi connectivity index (χ0v) is 21.7. The number of carbonyl (C=O) groups excluding carboxylic acids is 1. The van der Waals surface area contributed by atoms with Crippen LogP contribution in [-0.4, -0.2) is 5.78 Å². The second kappa shape index (κ2) is 11.5. The lowest BCUT2D eigenvalue weighted by molar-refractivity contribution is 0.103. The van der Waals surface area contributed by atoms with Crippen LogP contribution in [0.25, 0.3) is 22.3 Å². The van der Waals surface area contributed by atoms with Gasteiger partial charge in [0.1, 0.15) is 23.0 Å². The standard InChI is InChI=1S/C37H26O3/c38-37(31-15-23-35(24-16-31)39-33-19-11-29(12-20-33)27-7-3-1-4-8-27)32-17-25-36(26-18-32)40-34-21-13-30(14-22-34)28-9-5-2-6-10-28/h1-26H. The van der Waals surface area contributed by atoms with Crippen molar-refractivity contribution in [1.29, 1.82) is 0 Å². The Hall–Kier alpha value is -5.41. The van der Waals surface area contributed by atoms with Gasteiger partial charge in [-0.05, 0) is 95.1 Å². The van der Waals surface area contributed by atoms with Gasteiger partial charge in [-0.3, -0.25) is 4.79 Å². The molecule has 0 N–H and O–H groups in total. The van der Waals surface area contributed by atoms with E-state index < -0.39 is 0 Å². The molecular formula is C37H26O3. The van der Waals surface area contributed by atoms with E-state index in [-0.39, 0.29) is 5.78 Å². The lowest BCUT2D eigenvalue weighted by Crippen LogP contribution is -2.01. The van der Waals surface area contributed by atoms with Crippen LogP contribution in [0.3, 0.4) is 0 Å². The van der Waals surface area contributed by atoms with E-state index in [9.17, 15) is 4.79 Å². The molecule has 6 rings (SSSR count). The Balaban J connectivity index is 1.07. The highest BCUT2D eigenvalue weighted by atomic mass is 16.5. The molecule has 192 valence electrons. The number of hydrogen-bond donors (Lipinski definition) is 0. The number of ether oxygens (including phenoxy) is 2. The number of ketones is 1. The highest BCUT2D eigenvalue weighted by molar-refractivity contribution is 6.09. The van der Waals surface area contributed by atoms with Gasteiger partial charge in [0.25, 0.3) is 0 Å². The molecule has 0 saturated carbocycles. The third kappa shape index (κ3) is 5.85. The van der Waals surface area contributed by atoms with Crippen molar-refractivity contribution < 1.29 is 14.3 Å². The van der Waals surface area contributed by atoms with Crippen molar-refractivity contribution in [2.24, 2.45) is 0 Å². The first-order chi connectivity index (χ1) is 19.7. The highest BCUT2D eigenvalue weighted by Gasteiger charge is 2.10. The van der Waals surface area contributed by atoms with Crippen LogP contribution in [0.2, 0.25) is 0 Å². The molecule has 6 aromatic rings. The summed E-state index contributed by atoms with van der Waals surface area (Å²) < 4.78 is 12.0. The maximum atomic E-state index is 13.0. The molecule has 0 aliphatic heterocycles. The third-order valence-electron chi connectivity index (χ3n) is 6.63. The average molecular weight is 519 g/mol. The molecule has 0 spiro atoms. The van der Waals surface area contributed by atoms with Gasteiger partial charge < -0.3 is 9.47 Å². The summed E-state index contributed by atoms with van der Waals surface area (Å²) in [7, 11) is 0. The molecule has 0 amide bonds. The summed E-state index contributed by atoms with van der Waals surface area (Å²) in [6.07, 6.45) is 0. The number of hydrogen-bond acceptors (Lipinski definition) is 3. The van der Waals surface area contributed by atoms with Gasteiger partial charge in [0.2, 0.25) is 0 Å². The second-order valence-corrected chi connectivity index (χ2v) is 9.36. The van der Waals surface area contributed by atoms with Gasteiger partial charge in [-0.1, -0.05) is 84.9 Å². The smallest absolute Gasteiger partial charge is 0.193 e. The Labute approximate surface area is 233 Å². The van der Waals surface area contributed by atoms with Gasteiger partial charge >= 0.3 is 0 Å². The molecule has 0 heterocycles. The molecule has 0 atom stereocenters. The van der Waals surface area contributed by atoms with Crippen LogP contribution >= 0.6 is 0 Å². The number of benzene rings is 6. The maximum Gasteiger partial charge on any atom is 0.193 e. The maximum absolute atomic E-state index is 13.0. The van der Waals surface area contributed by atoms with Crippen LogP contribution in [-0.2, 0) is 0 Å². The van der Waals surface area contributed by atoms with Crippen molar-refractivity contribution in [1.82, 2.24) is 0 Å². The molecule has 0 saturated heterocycles. The molecule has 0 unspecified atom stereocenters. The molecule has 0 fully saturated rings. The average Bonchev–Trinajstić information content (AvgIpc) is 3.03. The number of rotatable bonds is 8. The Morgan fingerprint density at radius 1 is 0.325 bits per heavy atom. The topological polar surface area (TPSA) is 35.5 Å². The first-order valence-corrected chi connectivity index (χ1v) is 13.1. The minimum atomic E-state index is -0.0578. The summed E-state index contributed by atoms with van der Waals surface area (Å²) in [5, 5.41) is 0. The van der Waals surface area contributed by atoms with Crippen LogP contribution in [0.4, 0.5) is 0 Å². The minimum absolute atomic E-state index is 0.0578. The van der Waals surface area contributed by atoms with Crippen LogP contribution in [0, 0.1) is 0 Å². The van der Waals surface area contributed by atoms with Crippen LogP contribution in [0.15, 0.2) is 158 Å². The van der Waals surface area contributed by atoms with Gasteiger partial charge in [0, 0.05) is 11.1 Å². The summed E-state index contributed by atoms with van der Waals surface area (Å²) in [5.41, 5.74) is 5.77. The SMILES string of the molecule is O=C(c1ccc(Oc2ccc(-c3ccccc3)cc2)cc1)c1ccc(Oc2ccc(-c3ccccc3)cc2)cc1. The molecular weight excluding hydrogens is 492 g/mol. The third-order valence-corrected chi connectivity index (χ3v) is 6.63. The molecule has 0 bridgehead atoms. The van der Waals surface area contributed by atoms with E-state index in [1.807, 2.05) is 109 Å². The quantitative estimate of drug-likeness (QED) is 0.188. The molecule has 3 nitrogen and oxygen atoms in total. The van der Waals surface area contributed by atoms with Crippen molar-refractivity contribution in [3.05, 3.63) is 169 Å².